The first kappa shape index (κ1) is 33.1. The second-order valence-corrected chi connectivity index (χ2v) is 12.9. The Morgan fingerprint density at radius 3 is 1.67 bits per heavy atom. The zero-order valence-electron chi connectivity index (χ0n) is 28.4. The Bertz CT molecular complexity index is 1570. The van der Waals surface area contributed by atoms with Crippen LogP contribution in [0, 0.1) is 13.8 Å². The van der Waals surface area contributed by atoms with Gasteiger partial charge in [-0.15, -0.1) is 0 Å². The maximum absolute atomic E-state index is 12.5. The van der Waals surface area contributed by atoms with Crippen molar-refractivity contribution >= 4 is 23.4 Å². The number of urea groups is 2. The van der Waals surface area contributed by atoms with Crippen LogP contribution in [0.2, 0.25) is 0 Å². The normalized spacial score (nSPS) is 21.6. The van der Waals surface area contributed by atoms with E-state index in [2.05, 4.69) is 30.8 Å². The molecule has 10 nitrogen and oxygen atoms in total. The van der Waals surface area contributed by atoms with Crippen molar-refractivity contribution in [1.29, 1.82) is 0 Å². The first-order valence-electron chi connectivity index (χ1n) is 17.4. The molecule has 4 unspecified atom stereocenters. The average Bonchev–Trinajstić information content (AvgIpc) is 3.12. The van der Waals surface area contributed by atoms with Gasteiger partial charge in [0.1, 0.15) is 0 Å². The highest BCUT2D eigenvalue weighted by molar-refractivity contribution is 5.92. The second-order valence-electron chi connectivity index (χ2n) is 12.9. The number of rotatable bonds is 4. The lowest BCUT2D eigenvalue weighted by atomic mass is 9.80. The maximum Gasteiger partial charge on any atom is 0.322 e. The predicted octanol–water partition coefficient (Wildman–Crippen LogP) is 8.74. The molecule has 4 bridgehead atoms. The van der Waals surface area contributed by atoms with E-state index in [0.29, 0.717) is 24.2 Å². The molecule has 4 aromatic rings. The molecular formula is C38H50N8O2. The topological polar surface area (TPSA) is 116 Å². The van der Waals surface area contributed by atoms with Crippen molar-refractivity contribution in [3.05, 3.63) is 84.4 Å². The number of aryl methyl sites for hydroxylation is 2. The number of amides is 4. The molecule has 0 saturated carbocycles. The molecule has 2 aromatic carbocycles. The smallest absolute Gasteiger partial charge is 0.318 e. The van der Waals surface area contributed by atoms with Crippen LogP contribution in [0.15, 0.2) is 73.3 Å². The fourth-order valence-corrected chi connectivity index (χ4v) is 7.48. The number of nitrogens with one attached hydrogen (secondary N) is 2. The number of fused-ring (bicyclic) bond motifs is 4. The molecule has 254 valence electrons. The molecule has 4 atom stereocenters. The molecule has 8 rings (SSSR count). The third kappa shape index (κ3) is 7.02. The van der Waals surface area contributed by atoms with Gasteiger partial charge < -0.3 is 20.4 Å². The number of anilines is 2. The summed E-state index contributed by atoms with van der Waals surface area (Å²) in [5.74, 6) is 0. The third-order valence-electron chi connectivity index (χ3n) is 9.95. The zero-order valence-corrected chi connectivity index (χ0v) is 28.4. The molecule has 10 heteroatoms. The molecule has 4 fully saturated rings. The van der Waals surface area contributed by atoms with Crippen LogP contribution in [0.4, 0.5) is 21.0 Å². The molecule has 4 aliphatic heterocycles. The minimum atomic E-state index is 0. The Morgan fingerprint density at radius 1 is 0.708 bits per heavy atom. The minimum absolute atomic E-state index is 0. The quantitative estimate of drug-likeness (QED) is 0.228. The number of benzene rings is 2. The van der Waals surface area contributed by atoms with Crippen molar-refractivity contribution in [2.24, 2.45) is 0 Å². The van der Waals surface area contributed by atoms with E-state index in [4.69, 9.17) is 0 Å². The minimum Gasteiger partial charge on any atom is -0.318 e. The first-order valence-corrected chi connectivity index (χ1v) is 17.4. The molecule has 0 aliphatic carbocycles. The summed E-state index contributed by atoms with van der Waals surface area (Å²) in [5, 5.41) is 14.2. The molecule has 4 amide bonds. The van der Waals surface area contributed by atoms with Crippen molar-refractivity contribution in [2.75, 3.05) is 10.6 Å². The summed E-state index contributed by atoms with van der Waals surface area (Å²) in [4.78, 5) is 37.6. The van der Waals surface area contributed by atoms with Gasteiger partial charge in [-0.2, -0.15) is 10.2 Å². The van der Waals surface area contributed by atoms with Gasteiger partial charge in [0.2, 0.25) is 0 Å². The maximum atomic E-state index is 12.5. The van der Waals surface area contributed by atoms with Gasteiger partial charge in [0.15, 0.2) is 0 Å². The van der Waals surface area contributed by atoms with Crippen LogP contribution >= 0.6 is 0 Å². The van der Waals surface area contributed by atoms with E-state index in [1.165, 1.54) is 25.7 Å². The molecule has 6 heterocycles. The number of nitrogens with zero attached hydrogens (tertiary/aromatic N) is 6. The van der Waals surface area contributed by atoms with Crippen molar-refractivity contribution in [2.45, 2.75) is 103 Å². The molecule has 2 aromatic heterocycles. The number of carbonyl (C=O) groups is 2. The monoisotopic (exact) mass is 650 g/mol. The summed E-state index contributed by atoms with van der Waals surface area (Å²) in [6.45, 7) is 8.07. The van der Waals surface area contributed by atoms with Gasteiger partial charge in [-0.25, -0.2) is 9.59 Å². The first-order chi connectivity index (χ1) is 23.4. The number of piperidine rings is 2. The Balaban J connectivity index is 0.000000206. The van der Waals surface area contributed by atoms with E-state index >= 15 is 0 Å². The summed E-state index contributed by atoms with van der Waals surface area (Å²) in [6.07, 6.45) is 16.2. The number of carbonyl (C=O) groups excluding carboxylic acids is 2. The van der Waals surface area contributed by atoms with E-state index < -0.39 is 0 Å². The van der Waals surface area contributed by atoms with E-state index in [-0.39, 0.29) is 14.9 Å². The van der Waals surface area contributed by atoms with Gasteiger partial charge in [0, 0.05) is 68.1 Å². The Kier molecular flexibility index (Phi) is 10.3. The van der Waals surface area contributed by atoms with Crippen LogP contribution in [0.25, 0.3) is 22.5 Å². The number of aromatic nitrogens is 4. The zero-order chi connectivity index (χ0) is 33.6. The highest BCUT2D eigenvalue weighted by Gasteiger charge is 2.45. The van der Waals surface area contributed by atoms with Crippen LogP contribution < -0.4 is 10.6 Å². The molecule has 4 saturated heterocycles. The van der Waals surface area contributed by atoms with Crippen molar-refractivity contribution in [3.63, 3.8) is 0 Å². The fourth-order valence-electron chi connectivity index (χ4n) is 7.48. The lowest BCUT2D eigenvalue weighted by Gasteiger charge is -2.52. The standard InChI is InChI=1S/2C18H20N4O.C2H6.2H2/c1-12-7-8-13(10-16(12)17-6-3-9-19-21-17)20-18(23)22-14-4-2-5-15(22)11-14;1-12-5-6-13(9-16(12)17-11-19-7-8-20-17)21-18(23)22-14-3-2-4-15(22)10-14;1-2;;/h3,6-10,14-15H,2,4-5,11H2,1H3,(H,20,23);5-9,11,14-15H,2-4,10H2,1H3,(H,21,23);1-2H3;2*1H. The lowest BCUT2D eigenvalue weighted by Crippen LogP contribution is -2.62. The SMILES string of the molecule is CC.Cc1ccc(NC(=O)N2C3CCCC2C3)cc1-c1cccnn1.Cc1ccc(NC(=O)N2C3CCCC2C3)cc1-c1cnccn1.[HH].[HH]. The van der Waals surface area contributed by atoms with Gasteiger partial charge in [-0.05, 0) is 113 Å². The number of hydrogen-bond acceptors (Lipinski definition) is 6. The Morgan fingerprint density at radius 2 is 1.23 bits per heavy atom. The Labute approximate surface area is 286 Å². The summed E-state index contributed by atoms with van der Waals surface area (Å²) in [5.41, 5.74) is 7.49. The highest BCUT2D eigenvalue weighted by Crippen LogP contribution is 2.39. The second kappa shape index (κ2) is 14.9. The van der Waals surface area contributed by atoms with Crippen molar-refractivity contribution in [3.8, 4) is 22.5 Å². The van der Waals surface area contributed by atoms with Gasteiger partial charge in [0.25, 0.3) is 0 Å². The van der Waals surface area contributed by atoms with Gasteiger partial charge in [-0.1, -0.05) is 26.0 Å². The van der Waals surface area contributed by atoms with Crippen LogP contribution in [-0.2, 0) is 0 Å². The van der Waals surface area contributed by atoms with Gasteiger partial charge in [0.05, 0.1) is 17.6 Å². The average molecular weight is 651 g/mol. The van der Waals surface area contributed by atoms with Gasteiger partial charge >= 0.3 is 12.1 Å². The summed E-state index contributed by atoms with van der Waals surface area (Å²) in [7, 11) is 0. The van der Waals surface area contributed by atoms with E-state index in [1.807, 2.05) is 86.0 Å². The molecule has 0 radical (unpaired) electrons. The third-order valence-corrected chi connectivity index (χ3v) is 9.95. The van der Waals surface area contributed by atoms with Crippen molar-refractivity contribution < 1.29 is 12.4 Å². The van der Waals surface area contributed by atoms with Crippen molar-refractivity contribution in [1.82, 2.24) is 30.0 Å². The van der Waals surface area contributed by atoms with Crippen LogP contribution in [0.3, 0.4) is 0 Å². The summed E-state index contributed by atoms with van der Waals surface area (Å²) in [6, 6.07) is 17.5. The largest absolute Gasteiger partial charge is 0.322 e. The van der Waals surface area contributed by atoms with E-state index in [9.17, 15) is 9.59 Å². The summed E-state index contributed by atoms with van der Waals surface area (Å²) < 4.78 is 0. The van der Waals surface area contributed by atoms with E-state index in [0.717, 1.165) is 70.7 Å². The lowest BCUT2D eigenvalue weighted by molar-refractivity contribution is 0.0170. The summed E-state index contributed by atoms with van der Waals surface area (Å²) >= 11 is 0. The Hall–Kier alpha value is -4.86. The predicted molar refractivity (Wildman–Crippen MR) is 194 cm³/mol. The fraction of sp³-hybridized carbons (Fsp3) is 0.421. The van der Waals surface area contributed by atoms with E-state index in [1.54, 1.807) is 24.8 Å². The molecule has 2 N–H and O–H groups in total. The van der Waals surface area contributed by atoms with Crippen LogP contribution in [-0.4, -0.2) is 66.2 Å². The number of hydrogen-bond donors (Lipinski definition) is 2. The van der Waals surface area contributed by atoms with Gasteiger partial charge in [-0.3, -0.25) is 9.97 Å². The molecule has 0 spiro atoms. The van der Waals surface area contributed by atoms with Crippen LogP contribution in [0.1, 0.15) is 79.2 Å². The van der Waals surface area contributed by atoms with Crippen LogP contribution in [0.5, 0.6) is 0 Å². The molecule has 4 aliphatic rings. The highest BCUT2D eigenvalue weighted by atomic mass is 16.2. The molecular weight excluding hydrogens is 600 g/mol. The molecule has 48 heavy (non-hydrogen) atoms.